The SMILES string of the molecule is O=C(O)[C@@H]1Cc2c(n(-c3ccccc3)c3ccccc23)C1. The summed E-state index contributed by atoms with van der Waals surface area (Å²) in [5, 5.41) is 10.5. The molecule has 0 aliphatic heterocycles. The van der Waals surface area contributed by atoms with Crippen LogP contribution in [0.1, 0.15) is 11.3 Å². The topological polar surface area (TPSA) is 42.2 Å². The number of fused-ring (bicyclic) bond motifs is 3. The van der Waals surface area contributed by atoms with Crippen molar-refractivity contribution in [3.63, 3.8) is 0 Å². The van der Waals surface area contributed by atoms with Crippen molar-refractivity contribution >= 4 is 16.9 Å². The van der Waals surface area contributed by atoms with Crippen molar-refractivity contribution < 1.29 is 9.90 Å². The van der Waals surface area contributed by atoms with Gasteiger partial charge in [0.1, 0.15) is 0 Å². The average molecular weight is 277 g/mol. The van der Waals surface area contributed by atoms with Crippen LogP contribution in [-0.4, -0.2) is 15.6 Å². The molecule has 0 amide bonds. The molecule has 104 valence electrons. The van der Waals surface area contributed by atoms with Gasteiger partial charge in [0.2, 0.25) is 0 Å². The molecule has 1 atom stereocenters. The van der Waals surface area contributed by atoms with Crippen LogP contribution < -0.4 is 0 Å². The van der Waals surface area contributed by atoms with Gasteiger partial charge in [-0.05, 0) is 30.2 Å². The minimum Gasteiger partial charge on any atom is -0.481 e. The predicted octanol–water partition coefficient (Wildman–Crippen LogP) is 3.43. The van der Waals surface area contributed by atoms with Crippen LogP contribution in [0.25, 0.3) is 16.6 Å². The molecular weight excluding hydrogens is 262 g/mol. The first-order valence-corrected chi connectivity index (χ1v) is 7.15. The van der Waals surface area contributed by atoms with Gasteiger partial charge in [-0.25, -0.2) is 0 Å². The lowest BCUT2D eigenvalue weighted by atomic mass is 10.1. The zero-order chi connectivity index (χ0) is 14.4. The zero-order valence-corrected chi connectivity index (χ0v) is 11.5. The molecule has 3 heteroatoms. The number of hydrogen-bond acceptors (Lipinski definition) is 1. The molecule has 0 unspecified atom stereocenters. The normalized spacial score (nSPS) is 17.0. The summed E-state index contributed by atoms with van der Waals surface area (Å²) in [5.74, 6) is -0.996. The summed E-state index contributed by atoms with van der Waals surface area (Å²) >= 11 is 0. The average Bonchev–Trinajstić information content (AvgIpc) is 3.05. The fraction of sp³-hybridized carbons (Fsp3) is 0.167. The van der Waals surface area contributed by atoms with Gasteiger partial charge in [-0.15, -0.1) is 0 Å². The Bertz CT molecular complexity index is 833. The van der Waals surface area contributed by atoms with Crippen LogP contribution in [0.5, 0.6) is 0 Å². The summed E-state index contributed by atoms with van der Waals surface area (Å²) in [6.07, 6.45) is 1.24. The Morgan fingerprint density at radius 3 is 2.48 bits per heavy atom. The van der Waals surface area contributed by atoms with Crippen LogP contribution in [0.4, 0.5) is 0 Å². The molecule has 4 rings (SSSR count). The quantitative estimate of drug-likeness (QED) is 0.779. The highest BCUT2D eigenvalue weighted by atomic mass is 16.4. The third kappa shape index (κ3) is 1.77. The van der Waals surface area contributed by atoms with Crippen molar-refractivity contribution in [1.82, 2.24) is 4.57 Å². The van der Waals surface area contributed by atoms with Gasteiger partial charge in [-0.1, -0.05) is 36.4 Å². The Morgan fingerprint density at radius 2 is 1.71 bits per heavy atom. The molecule has 0 saturated carbocycles. The van der Waals surface area contributed by atoms with E-state index in [1.165, 1.54) is 10.9 Å². The maximum Gasteiger partial charge on any atom is 0.307 e. The van der Waals surface area contributed by atoms with Crippen molar-refractivity contribution in [3.8, 4) is 5.69 Å². The molecular formula is C18H15NO2. The number of benzene rings is 2. The molecule has 0 fully saturated rings. The minimum atomic E-state index is -0.699. The highest BCUT2D eigenvalue weighted by molar-refractivity contribution is 5.89. The number of aliphatic carboxylic acids is 1. The molecule has 1 aliphatic rings. The molecule has 1 N–H and O–H groups in total. The van der Waals surface area contributed by atoms with E-state index in [9.17, 15) is 9.90 Å². The van der Waals surface area contributed by atoms with Gasteiger partial charge in [0.15, 0.2) is 0 Å². The molecule has 1 heterocycles. The molecule has 0 saturated heterocycles. The molecule has 2 aromatic carbocycles. The second-order valence-electron chi connectivity index (χ2n) is 5.56. The van der Waals surface area contributed by atoms with Crippen LogP contribution in [0, 0.1) is 5.92 Å². The molecule has 1 aliphatic carbocycles. The fourth-order valence-electron chi connectivity index (χ4n) is 3.40. The van der Waals surface area contributed by atoms with Gasteiger partial charge in [0.25, 0.3) is 0 Å². The number of hydrogen-bond donors (Lipinski definition) is 1. The highest BCUT2D eigenvalue weighted by Gasteiger charge is 2.32. The minimum absolute atomic E-state index is 0.297. The second-order valence-corrected chi connectivity index (χ2v) is 5.56. The summed E-state index contributed by atoms with van der Waals surface area (Å²) < 4.78 is 2.22. The Labute approximate surface area is 122 Å². The first-order chi connectivity index (χ1) is 10.3. The summed E-state index contributed by atoms with van der Waals surface area (Å²) in [7, 11) is 0. The van der Waals surface area contributed by atoms with E-state index in [0.29, 0.717) is 12.8 Å². The van der Waals surface area contributed by atoms with E-state index in [4.69, 9.17) is 0 Å². The van der Waals surface area contributed by atoms with E-state index in [0.717, 1.165) is 16.9 Å². The van der Waals surface area contributed by atoms with Gasteiger partial charge < -0.3 is 9.67 Å². The number of carbonyl (C=O) groups is 1. The highest BCUT2D eigenvalue weighted by Crippen LogP contribution is 2.37. The van der Waals surface area contributed by atoms with E-state index >= 15 is 0 Å². The smallest absolute Gasteiger partial charge is 0.307 e. The number of carboxylic acid groups (broad SMARTS) is 1. The van der Waals surface area contributed by atoms with Crippen molar-refractivity contribution in [1.29, 1.82) is 0 Å². The number of aromatic nitrogens is 1. The fourth-order valence-corrected chi connectivity index (χ4v) is 3.40. The Balaban J connectivity index is 1.99. The number of carboxylic acids is 1. The maximum absolute atomic E-state index is 11.3. The first-order valence-electron chi connectivity index (χ1n) is 7.15. The van der Waals surface area contributed by atoms with Crippen molar-refractivity contribution in [2.75, 3.05) is 0 Å². The van der Waals surface area contributed by atoms with Crippen molar-refractivity contribution in [2.45, 2.75) is 12.8 Å². The number of nitrogens with zero attached hydrogens (tertiary/aromatic N) is 1. The summed E-state index contributed by atoms with van der Waals surface area (Å²) in [4.78, 5) is 11.3. The summed E-state index contributed by atoms with van der Waals surface area (Å²) in [6, 6.07) is 18.4. The van der Waals surface area contributed by atoms with E-state index in [2.05, 4.69) is 28.8 Å². The standard InChI is InChI=1S/C18H15NO2/c20-18(21)12-10-15-14-8-4-5-9-16(14)19(17(15)11-12)13-6-2-1-3-7-13/h1-9,12H,10-11H2,(H,20,21)/t12-/m1/s1. The zero-order valence-electron chi connectivity index (χ0n) is 11.5. The van der Waals surface area contributed by atoms with Crippen LogP contribution in [-0.2, 0) is 17.6 Å². The first kappa shape index (κ1) is 12.2. The Hall–Kier alpha value is -2.55. The van der Waals surface area contributed by atoms with Gasteiger partial charge in [0.05, 0.1) is 11.4 Å². The van der Waals surface area contributed by atoms with E-state index in [1.54, 1.807) is 0 Å². The summed E-state index contributed by atoms with van der Waals surface area (Å²) in [5.41, 5.74) is 4.61. The third-order valence-corrected chi connectivity index (χ3v) is 4.34. The van der Waals surface area contributed by atoms with E-state index in [1.807, 2.05) is 30.3 Å². The summed E-state index contributed by atoms with van der Waals surface area (Å²) in [6.45, 7) is 0. The Morgan fingerprint density at radius 1 is 1.00 bits per heavy atom. The number of rotatable bonds is 2. The largest absolute Gasteiger partial charge is 0.481 e. The second kappa shape index (κ2) is 4.48. The van der Waals surface area contributed by atoms with Crippen LogP contribution in [0.15, 0.2) is 54.6 Å². The van der Waals surface area contributed by atoms with E-state index in [-0.39, 0.29) is 5.92 Å². The monoisotopic (exact) mass is 277 g/mol. The van der Waals surface area contributed by atoms with Gasteiger partial charge in [-0.3, -0.25) is 4.79 Å². The third-order valence-electron chi connectivity index (χ3n) is 4.34. The van der Waals surface area contributed by atoms with Crippen molar-refractivity contribution in [3.05, 3.63) is 65.9 Å². The Kier molecular flexibility index (Phi) is 2.61. The van der Waals surface area contributed by atoms with Crippen LogP contribution in [0.2, 0.25) is 0 Å². The molecule has 3 nitrogen and oxygen atoms in total. The lowest BCUT2D eigenvalue weighted by molar-refractivity contribution is -0.141. The van der Waals surface area contributed by atoms with Gasteiger partial charge in [0, 0.05) is 23.2 Å². The maximum atomic E-state index is 11.3. The van der Waals surface area contributed by atoms with Gasteiger partial charge >= 0.3 is 5.97 Å². The van der Waals surface area contributed by atoms with Crippen molar-refractivity contribution in [2.24, 2.45) is 5.92 Å². The predicted molar refractivity (Wildman–Crippen MR) is 81.8 cm³/mol. The van der Waals surface area contributed by atoms with Crippen LogP contribution >= 0.6 is 0 Å². The molecule has 1 aromatic heterocycles. The van der Waals surface area contributed by atoms with E-state index < -0.39 is 5.97 Å². The van der Waals surface area contributed by atoms with Gasteiger partial charge in [-0.2, -0.15) is 0 Å². The lowest BCUT2D eigenvalue weighted by Crippen LogP contribution is -2.14. The molecule has 0 radical (unpaired) electrons. The molecule has 3 aromatic rings. The molecule has 0 spiro atoms. The molecule has 0 bridgehead atoms. The lowest BCUT2D eigenvalue weighted by Gasteiger charge is -2.10. The number of para-hydroxylation sites is 2. The van der Waals surface area contributed by atoms with Crippen LogP contribution in [0.3, 0.4) is 0 Å². The molecule has 21 heavy (non-hydrogen) atoms.